The molecule has 0 aliphatic carbocycles. The number of nitrogens with zero attached hydrogens (tertiary/aromatic N) is 2. The van der Waals surface area contributed by atoms with Gasteiger partial charge in [-0.05, 0) is 30.3 Å². The number of imide groups is 1. The molecule has 5 nitrogen and oxygen atoms in total. The molecule has 0 radical (unpaired) electrons. The van der Waals surface area contributed by atoms with E-state index in [0.717, 1.165) is 16.7 Å². The van der Waals surface area contributed by atoms with Gasteiger partial charge in [0.15, 0.2) is 5.17 Å². The van der Waals surface area contributed by atoms with E-state index in [0.29, 0.717) is 15.9 Å². The summed E-state index contributed by atoms with van der Waals surface area (Å²) in [6, 6.07) is 12.8. The number of hydrogen-bond donors (Lipinski definition) is 1. The summed E-state index contributed by atoms with van der Waals surface area (Å²) in [6.07, 6.45) is -0.0198. The summed E-state index contributed by atoms with van der Waals surface area (Å²) in [5.74, 6) is -1.50. The maximum Gasteiger partial charge on any atom is 0.247 e. The molecule has 26 heavy (non-hydrogen) atoms. The number of thioether (sulfide) groups is 1. The van der Waals surface area contributed by atoms with Crippen molar-refractivity contribution in [1.29, 1.82) is 0 Å². The number of rotatable bonds is 3. The van der Waals surface area contributed by atoms with Crippen molar-refractivity contribution in [2.45, 2.75) is 11.7 Å². The lowest BCUT2D eigenvalue weighted by atomic mass is 10.3. The summed E-state index contributed by atoms with van der Waals surface area (Å²) in [5, 5.41) is 3.43. The van der Waals surface area contributed by atoms with Crippen molar-refractivity contribution >= 4 is 51.7 Å². The highest BCUT2D eigenvalue weighted by Crippen LogP contribution is 2.32. The van der Waals surface area contributed by atoms with Crippen molar-refractivity contribution in [3.8, 4) is 0 Å². The first kappa shape index (κ1) is 18.4. The predicted octanol–water partition coefficient (Wildman–Crippen LogP) is 3.94. The van der Waals surface area contributed by atoms with Crippen LogP contribution in [0.5, 0.6) is 0 Å². The molecule has 0 aromatic heterocycles. The molecule has 2 amide bonds. The molecule has 134 valence electrons. The summed E-state index contributed by atoms with van der Waals surface area (Å²) >= 11 is 7.09. The van der Waals surface area contributed by atoms with Gasteiger partial charge in [0, 0.05) is 24.2 Å². The third kappa shape index (κ3) is 3.89. The standard InChI is InChI=1S/C18H15ClFN3O2S/c1-21-18(22-12-6-4-5-11(19)9-12)26-15-10-16(24)23(17(15)25)14-8-3-2-7-13(14)20/h2-9,15H,10H2,1H3,(H,21,22)/t15-/m1/s1. The Bertz CT molecular complexity index is 890. The maximum atomic E-state index is 14.0. The van der Waals surface area contributed by atoms with Gasteiger partial charge in [-0.2, -0.15) is 0 Å². The van der Waals surface area contributed by atoms with Crippen LogP contribution >= 0.6 is 23.4 Å². The fourth-order valence-corrected chi connectivity index (χ4v) is 3.72. The minimum absolute atomic E-state index is 0.0198. The van der Waals surface area contributed by atoms with Gasteiger partial charge in [0.2, 0.25) is 11.8 Å². The van der Waals surface area contributed by atoms with E-state index in [2.05, 4.69) is 10.3 Å². The van der Waals surface area contributed by atoms with Gasteiger partial charge in [-0.25, -0.2) is 9.29 Å². The van der Waals surface area contributed by atoms with Crippen molar-refractivity contribution < 1.29 is 14.0 Å². The molecular formula is C18H15ClFN3O2S. The highest BCUT2D eigenvalue weighted by molar-refractivity contribution is 8.15. The quantitative estimate of drug-likeness (QED) is 0.489. The smallest absolute Gasteiger partial charge is 0.247 e. The van der Waals surface area contributed by atoms with Gasteiger partial charge in [-0.15, -0.1) is 0 Å². The molecule has 0 unspecified atom stereocenters. The molecule has 1 saturated heterocycles. The Kier molecular flexibility index (Phi) is 5.58. The Morgan fingerprint density at radius 3 is 2.73 bits per heavy atom. The van der Waals surface area contributed by atoms with Crippen molar-refractivity contribution in [2.24, 2.45) is 4.99 Å². The summed E-state index contributed by atoms with van der Waals surface area (Å²) in [5.41, 5.74) is 0.691. The van der Waals surface area contributed by atoms with Gasteiger partial charge in [0.05, 0.1) is 5.69 Å². The molecule has 0 saturated carbocycles. The number of amides is 2. The lowest BCUT2D eigenvalue weighted by molar-refractivity contribution is -0.121. The normalized spacial score (nSPS) is 17.7. The molecule has 3 rings (SSSR count). The van der Waals surface area contributed by atoms with Crippen molar-refractivity contribution in [1.82, 2.24) is 0 Å². The molecule has 2 aromatic rings. The van der Waals surface area contributed by atoms with Crippen molar-refractivity contribution in [3.05, 3.63) is 59.4 Å². The minimum atomic E-state index is -0.674. The predicted molar refractivity (Wildman–Crippen MR) is 103 cm³/mol. The van der Waals surface area contributed by atoms with E-state index in [-0.39, 0.29) is 12.1 Å². The van der Waals surface area contributed by atoms with E-state index < -0.39 is 22.9 Å². The van der Waals surface area contributed by atoms with E-state index in [1.54, 1.807) is 31.3 Å². The summed E-state index contributed by atoms with van der Waals surface area (Å²) < 4.78 is 14.0. The molecule has 1 aliphatic heterocycles. The Balaban J connectivity index is 1.75. The topological polar surface area (TPSA) is 61.8 Å². The first-order valence-electron chi connectivity index (χ1n) is 7.77. The molecule has 1 atom stereocenters. The Morgan fingerprint density at radius 2 is 2.04 bits per heavy atom. The van der Waals surface area contributed by atoms with Gasteiger partial charge < -0.3 is 5.32 Å². The second-order valence-electron chi connectivity index (χ2n) is 5.49. The van der Waals surface area contributed by atoms with Crippen LogP contribution in [0.1, 0.15) is 6.42 Å². The first-order chi connectivity index (χ1) is 12.5. The van der Waals surface area contributed by atoms with Gasteiger partial charge in [0.25, 0.3) is 0 Å². The molecule has 1 aliphatic rings. The van der Waals surface area contributed by atoms with E-state index in [9.17, 15) is 14.0 Å². The molecule has 2 aromatic carbocycles. The van der Waals surface area contributed by atoms with Gasteiger partial charge in [-0.3, -0.25) is 14.6 Å². The number of anilines is 2. The fourth-order valence-electron chi connectivity index (χ4n) is 2.54. The van der Waals surface area contributed by atoms with Crippen LogP contribution in [0.25, 0.3) is 0 Å². The van der Waals surface area contributed by atoms with E-state index in [1.165, 1.54) is 18.2 Å². The SMILES string of the molecule is CN=C(Nc1cccc(Cl)c1)S[C@@H]1CC(=O)N(c2ccccc2F)C1=O. The highest BCUT2D eigenvalue weighted by Gasteiger charge is 2.41. The Morgan fingerprint density at radius 1 is 1.27 bits per heavy atom. The number of para-hydroxylation sites is 1. The number of hydrogen-bond acceptors (Lipinski definition) is 4. The molecular weight excluding hydrogens is 377 g/mol. The van der Waals surface area contributed by atoms with E-state index in [1.807, 2.05) is 6.07 Å². The lowest BCUT2D eigenvalue weighted by Crippen LogP contribution is -2.32. The Hall–Kier alpha value is -2.38. The summed E-state index contributed by atoms with van der Waals surface area (Å²) in [7, 11) is 1.58. The average Bonchev–Trinajstić information content (AvgIpc) is 2.88. The fraction of sp³-hybridized carbons (Fsp3) is 0.167. The largest absolute Gasteiger partial charge is 0.335 e. The molecule has 1 N–H and O–H groups in total. The number of halogens is 2. The molecule has 1 heterocycles. The van der Waals surface area contributed by atoms with Crippen LogP contribution < -0.4 is 10.2 Å². The number of aliphatic imine (C=N–C) groups is 1. The van der Waals surface area contributed by atoms with E-state index in [4.69, 9.17) is 11.6 Å². The van der Waals surface area contributed by atoms with Gasteiger partial charge >= 0.3 is 0 Å². The number of carbonyl (C=O) groups excluding carboxylic acids is 2. The van der Waals surface area contributed by atoms with Crippen LogP contribution in [0.15, 0.2) is 53.5 Å². The zero-order chi connectivity index (χ0) is 18.7. The van der Waals surface area contributed by atoms with Crippen molar-refractivity contribution in [2.75, 3.05) is 17.3 Å². The highest BCUT2D eigenvalue weighted by atomic mass is 35.5. The van der Waals surface area contributed by atoms with Gasteiger partial charge in [-0.1, -0.05) is 41.6 Å². The zero-order valence-electron chi connectivity index (χ0n) is 13.8. The minimum Gasteiger partial charge on any atom is -0.335 e. The third-order valence-electron chi connectivity index (χ3n) is 3.73. The van der Waals surface area contributed by atoms with Crippen LogP contribution in [-0.2, 0) is 9.59 Å². The monoisotopic (exact) mass is 391 g/mol. The van der Waals surface area contributed by atoms with Crippen LogP contribution in [0, 0.1) is 5.82 Å². The van der Waals surface area contributed by atoms with Crippen LogP contribution in [0.2, 0.25) is 5.02 Å². The van der Waals surface area contributed by atoms with E-state index >= 15 is 0 Å². The maximum absolute atomic E-state index is 14.0. The van der Waals surface area contributed by atoms with Crippen molar-refractivity contribution in [3.63, 3.8) is 0 Å². The van der Waals surface area contributed by atoms with Crippen LogP contribution in [-0.4, -0.2) is 29.3 Å². The molecule has 1 fully saturated rings. The third-order valence-corrected chi connectivity index (χ3v) is 5.13. The zero-order valence-corrected chi connectivity index (χ0v) is 15.4. The summed E-state index contributed by atoms with van der Waals surface area (Å²) in [4.78, 5) is 29.9. The number of amidine groups is 1. The van der Waals surface area contributed by atoms with Gasteiger partial charge in [0.1, 0.15) is 11.1 Å². The van der Waals surface area contributed by atoms with Crippen LogP contribution in [0.3, 0.4) is 0 Å². The molecule has 8 heteroatoms. The molecule has 0 bridgehead atoms. The second kappa shape index (κ2) is 7.88. The number of nitrogens with one attached hydrogen (secondary N) is 1. The second-order valence-corrected chi connectivity index (χ2v) is 7.12. The lowest BCUT2D eigenvalue weighted by Gasteiger charge is -2.16. The summed E-state index contributed by atoms with van der Waals surface area (Å²) in [6.45, 7) is 0. The van der Waals surface area contributed by atoms with Crippen LogP contribution in [0.4, 0.5) is 15.8 Å². The first-order valence-corrected chi connectivity index (χ1v) is 9.02. The Labute approximate surface area is 159 Å². The average molecular weight is 392 g/mol. The molecule has 0 spiro atoms. The number of benzene rings is 2. The number of carbonyl (C=O) groups is 2.